The fourth-order valence-corrected chi connectivity index (χ4v) is 3.35. The molecule has 0 radical (unpaired) electrons. The number of nitrogens with one attached hydrogen (secondary N) is 2. The number of aromatic nitrogens is 1. The van der Waals surface area contributed by atoms with E-state index in [0.29, 0.717) is 35.1 Å². The van der Waals surface area contributed by atoms with E-state index >= 15 is 0 Å². The Hall–Kier alpha value is -2.35. The maximum absolute atomic E-state index is 12.0. The molecule has 1 heterocycles. The Labute approximate surface area is 153 Å². The monoisotopic (exact) mass is 377 g/mol. The van der Waals surface area contributed by atoms with Gasteiger partial charge in [-0.15, -0.1) is 0 Å². The predicted octanol–water partition coefficient (Wildman–Crippen LogP) is 2.83. The second-order valence-corrected chi connectivity index (χ2v) is 8.43. The highest BCUT2D eigenvalue weighted by atomic mass is 32.2. The van der Waals surface area contributed by atoms with Crippen LogP contribution in [0, 0.1) is 12.8 Å². The predicted molar refractivity (Wildman–Crippen MR) is 98.9 cm³/mol. The van der Waals surface area contributed by atoms with Crippen molar-refractivity contribution in [3.8, 4) is 11.5 Å². The number of carbonyl (C=O) groups is 1. The minimum absolute atomic E-state index is 0.0234. The number of nitrogens with zero attached hydrogens (tertiary/aromatic N) is 1. The number of benzene rings is 1. The number of rotatable bonds is 7. The average molecular weight is 377 g/mol. The van der Waals surface area contributed by atoms with E-state index in [1.165, 1.54) is 0 Å². The summed E-state index contributed by atoms with van der Waals surface area (Å²) in [6.45, 7) is 3.65. The number of amides is 1. The van der Waals surface area contributed by atoms with Crippen molar-refractivity contribution in [3.63, 3.8) is 0 Å². The van der Waals surface area contributed by atoms with Crippen LogP contribution in [0.2, 0.25) is 0 Å². The van der Waals surface area contributed by atoms with Crippen molar-refractivity contribution in [2.75, 3.05) is 10.5 Å². The molecule has 0 saturated heterocycles. The Bertz CT molecular complexity index is 901. The molecule has 3 rings (SSSR count). The SMILES string of the molecule is CCS(=O)(=O)Nc1ccccc1-c1nc(CNC(=O)C2CCC2)c(C)o1. The summed E-state index contributed by atoms with van der Waals surface area (Å²) >= 11 is 0. The van der Waals surface area contributed by atoms with Gasteiger partial charge in [0.2, 0.25) is 21.8 Å². The van der Waals surface area contributed by atoms with Crippen LogP contribution in [0.3, 0.4) is 0 Å². The highest BCUT2D eigenvalue weighted by Crippen LogP contribution is 2.30. The van der Waals surface area contributed by atoms with Gasteiger partial charge in [0.05, 0.1) is 23.5 Å². The molecule has 1 saturated carbocycles. The highest BCUT2D eigenvalue weighted by Gasteiger charge is 2.25. The average Bonchev–Trinajstić information content (AvgIpc) is 2.92. The Morgan fingerprint density at radius 2 is 2.04 bits per heavy atom. The van der Waals surface area contributed by atoms with Crippen LogP contribution >= 0.6 is 0 Å². The molecule has 0 unspecified atom stereocenters. The third-order valence-corrected chi connectivity index (χ3v) is 5.89. The van der Waals surface area contributed by atoms with Crippen LogP contribution in [-0.2, 0) is 21.4 Å². The summed E-state index contributed by atoms with van der Waals surface area (Å²) in [4.78, 5) is 16.4. The number of anilines is 1. The molecule has 1 aliphatic carbocycles. The summed E-state index contributed by atoms with van der Waals surface area (Å²) in [5, 5.41) is 2.90. The maximum atomic E-state index is 12.0. The zero-order chi connectivity index (χ0) is 18.7. The molecular weight excluding hydrogens is 354 g/mol. The molecule has 7 nitrogen and oxygen atoms in total. The molecule has 1 aromatic carbocycles. The molecule has 0 atom stereocenters. The molecule has 0 spiro atoms. The summed E-state index contributed by atoms with van der Waals surface area (Å²) in [6.07, 6.45) is 3.00. The number of aryl methyl sites for hydroxylation is 1. The zero-order valence-electron chi connectivity index (χ0n) is 14.9. The molecule has 26 heavy (non-hydrogen) atoms. The van der Waals surface area contributed by atoms with Gasteiger partial charge in [-0.25, -0.2) is 13.4 Å². The van der Waals surface area contributed by atoms with Gasteiger partial charge in [0.1, 0.15) is 11.5 Å². The normalized spacial score (nSPS) is 14.7. The van der Waals surface area contributed by atoms with Crippen molar-refractivity contribution < 1.29 is 17.6 Å². The third-order valence-electron chi connectivity index (χ3n) is 4.60. The number of hydrogen-bond acceptors (Lipinski definition) is 5. The van der Waals surface area contributed by atoms with Gasteiger partial charge in [0.15, 0.2) is 0 Å². The minimum Gasteiger partial charge on any atom is -0.441 e. The highest BCUT2D eigenvalue weighted by molar-refractivity contribution is 7.92. The second-order valence-electron chi connectivity index (χ2n) is 6.42. The van der Waals surface area contributed by atoms with Gasteiger partial charge < -0.3 is 9.73 Å². The van der Waals surface area contributed by atoms with Crippen LogP contribution in [0.4, 0.5) is 5.69 Å². The Kier molecular flexibility index (Phi) is 5.31. The van der Waals surface area contributed by atoms with E-state index in [2.05, 4.69) is 15.0 Å². The van der Waals surface area contributed by atoms with Gasteiger partial charge in [-0.2, -0.15) is 0 Å². The first-order chi connectivity index (χ1) is 12.4. The van der Waals surface area contributed by atoms with E-state index in [0.717, 1.165) is 19.3 Å². The molecule has 8 heteroatoms. The summed E-state index contributed by atoms with van der Waals surface area (Å²) < 4.78 is 32.1. The fraction of sp³-hybridized carbons (Fsp3) is 0.444. The molecule has 1 aromatic heterocycles. The summed E-state index contributed by atoms with van der Waals surface area (Å²) in [5.41, 5.74) is 1.62. The summed E-state index contributed by atoms with van der Waals surface area (Å²) in [7, 11) is -3.41. The lowest BCUT2D eigenvalue weighted by molar-refractivity contribution is -0.127. The van der Waals surface area contributed by atoms with Gasteiger partial charge in [-0.3, -0.25) is 9.52 Å². The number of hydrogen-bond donors (Lipinski definition) is 2. The molecular formula is C18H23N3O4S. The first kappa shape index (κ1) is 18.4. The van der Waals surface area contributed by atoms with Crippen LogP contribution in [0.5, 0.6) is 0 Å². The van der Waals surface area contributed by atoms with Crippen molar-refractivity contribution in [2.24, 2.45) is 5.92 Å². The van der Waals surface area contributed by atoms with Gasteiger partial charge in [-0.05, 0) is 38.8 Å². The Balaban J connectivity index is 1.79. The van der Waals surface area contributed by atoms with Crippen molar-refractivity contribution in [3.05, 3.63) is 35.7 Å². The van der Waals surface area contributed by atoms with Crippen molar-refractivity contribution >= 4 is 21.6 Å². The Morgan fingerprint density at radius 3 is 2.69 bits per heavy atom. The van der Waals surface area contributed by atoms with Crippen molar-refractivity contribution in [1.29, 1.82) is 0 Å². The first-order valence-corrected chi connectivity index (χ1v) is 10.4. The van der Waals surface area contributed by atoms with E-state index in [4.69, 9.17) is 4.42 Å². The molecule has 0 bridgehead atoms. The van der Waals surface area contributed by atoms with Crippen molar-refractivity contribution in [2.45, 2.75) is 39.7 Å². The smallest absolute Gasteiger partial charge is 0.232 e. The minimum atomic E-state index is -3.41. The lowest BCUT2D eigenvalue weighted by Crippen LogP contribution is -2.34. The molecule has 1 fully saturated rings. The number of oxazole rings is 1. The first-order valence-electron chi connectivity index (χ1n) is 8.73. The van der Waals surface area contributed by atoms with Gasteiger partial charge in [0, 0.05) is 5.92 Å². The summed E-state index contributed by atoms with van der Waals surface area (Å²) in [5.74, 6) is 1.07. The van der Waals surface area contributed by atoms with Crippen LogP contribution in [0.25, 0.3) is 11.5 Å². The zero-order valence-corrected chi connectivity index (χ0v) is 15.7. The van der Waals surface area contributed by atoms with Gasteiger partial charge in [0.25, 0.3) is 0 Å². The number of carbonyl (C=O) groups excluding carboxylic acids is 1. The third kappa shape index (κ3) is 4.07. The number of sulfonamides is 1. The molecule has 1 amide bonds. The van der Waals surface area contributed by atoms with E-state index in [1.54, 1.807) is 38.1 Å². The summed E-state index contributed by atoms with van der Waals surface area (Å²) in [6, 6.07) is 6.94. The van der Waals surface area contributed by atoms with Gasteiger partial charge in [-0.1, -0.05) is 18.6 Å². The quantitative estimate of drug-likeness (QED) is 0.773. The van der Waals surface area contributed by atoms with Crippen LogP contribution in [0.15, 0.2) is 28.7 Å². The molecule has 0 aliphatic heterocycles. The van der Waals surface area contributed by atoms with Crippen LogP contribution < -0.4 is 10.0 Å². The molecule has 140 valence electrons. The largest absolute Gasteiger partial charge is 0.441 e. The lowest BCUT2D eigenvalue weighted by Gasteiger charge is -2.23. The maximum Gasteiger partial charge on any atom is 0.232 e. The Morgan fingerprint density at radius 1 is 1.31 bits per heavy atom. The second kappa shape index (κ2) is 7.49. The molecule has 1 aliphatic rings. The molecule has 2 N–H and O–H groups in total. The van der Waals surface area contributed by atoms with Gasteiger partial charge >= 0.3 is 0 Å². The van der Waals surface area contributed by atoms with Crippen LogP contribution in [0.1, 0.15) is 37.6 Å². The van der Waals surface area contributed by atoms with E-state index in [-0.39, 0.29) is 17.6 Å². The van der Waals surface area contributed by atoms with E-state index in [9.17, 15) is 13.2 Å². The van der Waals surface area contributed by atoms with Crippen LogP contribution in [-0.4, -0.2) is 25.1 Å². The lowest BCUT2D eigenvalue weighted by atomic mass is 9.85. The number of para-hydroxylation sites is 1. The van der Waals surface area contributed by atoms with Crippen molar-refractivity contribution in [1.82, 2.24) is 10.3 Å². The topological polar surface area (TPSA) is 101 Å². The van der Waals surface area contributed by atoms with E-state index < -0.39 is 10.0 Å². The fourth-order valence-electron chi connectivity index (χ4n) is 2.69. The van der Waals surface area contributed by atoms with E-state index in [1.807, 2.05) is 0 Å². The molecule has 2 aromatic rings. The standard InChI is InChI=1S/C18H23N3O4S/c1-3-26(23,24)21-15-10-5-4-9-14(15)18-20-16(12(2)25-18)11-19-17(22)13-7-6-8-13/h4-5,9-10,13,21H,3,6-8,11H2,1-2H3,(H,19,22).